The van der Waals surface area contributed by atoms with Gasteiger partial charge in [0.05, 0.1) is 24.3 Å². The van der Waals surface area contributed by atoms with Gasteiger partial charge in [0.25, 0.3) is 5.91 Å². The van der Waals surface area contributed by atoms with Crippen molar-refractivity contribution in [2.75, 3.05) is 13.4 Å². The van der Waals surface area contributed by atoms with Gasteiger partial charge in [0, 0.05) is 34.3 Å². The number of carbonyl (C=O) groups excluding carboxylic acids is 1. The fourth-order valence-corrected chi connectivity index (χ4v) is 4.99. The molecule has 6 rings (SSSR count). The molecule has 0 fully saturated rings. The van der Waals surface area contributed by atoms with Crippen LogP contribution in [0.25, 0.3) is 22.0 Å². The fraction of sp³-hybridized carbons (Fsp3) is 0.276. The summed E-state index contributed by atoms with van der Waals surface area (Å²) in [5, 5.41) is 14.2. The summed E-state index contributed by atoms with van der Waals surface area (Å²) in [6.07, 6.45) is 2.26. The van der Waals surface area contributed by atoms with E-state index < -0.39 is 6.04 Å². The summed E-state index contributed by atoms with van der Waals surface area (Å²) in [5.74, 6) is 2.10. The Balaban J connectivity index is 1.33. The molecule has 0 unspecified atom stereocenters. The summed E-state index contributed by atoms with van der Waals surface area (Å²) >= 11 is 0. The zero-order chi connectivity index (χ0) is 25.5. The van der Waals surface area contributed by atoms with Gasteiger partial charge in [-0.15, -0.1) is 0 Å². The summed E-state index contributed by atoms with van der Waals surface area (Å²) in [6.45, 7) is 4.12. The third-order valence-corrected chi connectivity index (χ3v) is 6.69. The van der Waals surface area contributed by atoms with Crippen molar-refractivity contribution in [1.82, 2.24) is 10.3 Å². The Kier molecular flexibility index (Phi) is 5.88. The van der Waals surface area contributed by atoms with Crippen LogP contribution >= 0.6 is 0 Å². The molecule has 4 aromatic rings. The largest absolute Gasteiger partial charge is 0.490 e. The van der Waals surface area contributed by atoms with Gasteiger partial charge >= 0.3 is 0 Å². The van der Waals surface area contributed by atoms with Crippen LogP contribution in [0.2, 0.25) is 0 Å². The van der Waals surface area contributed by atoms with Gasteiger partial charge in [-0.2, -0.15) is 0 Å². The number of rotatable bonds is 7. The molecule has 0 spiro atoms. The summed E-state index contributed by atoms with van der Waals surface area (Å²) in [5.41, 5.74) is 5.00. The number of hydrogen-bond donors (Lipinski definition) is 3. The maximum atomic E-state index is 13.6. The molecule has 0 saturated heterocycles. The van der Waals surface area contributed by atoms with E-state index in [1.165, 1.54) is 0 Å². The first-order valence-corrected chi connectivity index (χ1v) is 12.4. The lowest BCUT2D eigenvalue weighted by Crippen LogP contribution is -2.39. The molecule has 3 aromatic carbocycles. The number of amides is 1. The highest BCUT2D eigenvalue weighted by Gasteiger charge is 2.29. The van der Waals surface area contributed by atoms with Gasteiger partial charge in [-0.25, -0.2) is 0 Å². The first-order valence-electron chi connectivity index (χ1n) is 12.4. The average molecular weight is 501 g/mol. The van der Waals surface area contributed by atoms with E-state index in [4.69, 9.17) is 18.9 Å². The molecule has 2 aliphatic rings. The number of aromatic amines is 1. The van der Waals surface area contributed by atoms with E-state index in [1.54, 1.807) is 12.1 Å². The van der Waals surface area contributed by atoms with Crippen LogP contribution in [0.3, 0.4) is 0 Å². The molecule has 1 atom stereocenters. The lowest BCUT2D eigenvalue weighted by Gasteiger charge is -2.25. The monoisotopic (exact) mass is 500 g/mol. The van der Waals surface area contributed by atoms with Gasteiger partial charge in [-0.3, -0.25) is 4.79 Å². The quantitative estimate of drug-likeness (QED) is 0.344. The third kappa shape index (κ3) is 4.23. The van der Waals surface area contributed by atoms with Crippen molar-refractivity contribution in [1.29, 1.82) is 0 Å². The lowest BCUT2D eigenvalue weighted by atomic mass is 9.93. The number of aromatic nitrogens is 1. The van der Waals surface area contributed by atoms with E-state index in [1.807, 2.05) is 56.4 Å². The lowest BCUT2D eigenvalue weighted by molar-refractivity contribution is 0.0910. The van der Waals surface area contributed by atoms with E-state index in [9.17, 15) is 9.90 Å². The van der Waals surface area contributed by atoms with Gasteiger partial charge in [0.15, 0.2) is 11.5 Å². The van der Waals surface area contributed by atoms with Gasteiger partial charge < -0.3 is 34.4 Å². The Hall–Kier alpha value is -4.17. The van der Waals surface area contributed by atoms with E-state index >= 15 is 0 Å². The first-order chi connectivity index (χ1) is 18.0. The fourth-order valence-electron chi connectivity index (χ4n) is 4.99. The van der Waals surface area contributed by atoms with Crippen LogP contribution in [0.5, 0.6) is 23.0 Å². The number of ether oxygens (including phenoxy) is 4. The number of hydrogen-bond acceptors (Lipinski definition) is 6. The van der Waals surface area contributed by atoms with Crippen LogP contribution in [-0.2, 0) is 13.0 Å². The topological polar surface area (TPSA) is 102 Å². The predicted octanol–water partition coefficient (Wildman–Crippen LogP) is 4.58. The number of aliphatic hydroxyl groups excluding tert-OH is 1. The zero-order valence-electron chi connectivity index (χ0n) is 20.7. The Labute approximate surface area is 214 Å². The number of nitrogens with one attached hydrogen (secondary N) is 2. The molecule has 0 aliphatic carbocycles. The minimum Gasteiger partial charge on any atom is -0.490 e. The van der Waals surface area contributed by atoms with Crippen molar-refractivity contribution in [3.63, 3.8) is 0 Å². The molecule has 0 bridgehead atoms. The Morgan fingerprint density at radius 1 is 1.08 bits per heavy atom. The highest BCUT2D eigenvalue weighted by molar-refractivity contribution is 6.00. The maximum Gasteiger partial charge on any atom is 0.255 e. The van der Waals surface area contributed by atoms with E-state index in [0.717, 1.165) is 33.2 Å². The third-order valence-electron chi connectivity index (χ3n) is 6.69. The van der Waals surface area contributed by atoms with Crippen LogP contribution in [0, 0.1) is 0 Å². The minimum absolute atomic E-state index is 0.144. The Morgan fingerprint density at radius 3 is 2.78 bits per heavy atom. The number of aliphatic hydroxyl groups is 1. The molecule has 1 aromatic heterocycles. The molecule has 2 aliphatic heterocycles. The van der Waals surface area contributed by atoms with Crippen molar-refractivity contribution in [3.8, 4) is 34.1 Å². The second kappa shape index (κ2) is 9.37. The Bertz CT molecular complexity index is 1490. The first kappa shape index (κ1) is 23.2. The molecule has 0 saturated carbocycles. The smallest absolute Gasteiger partial charge is 0.255 e. The molecular weight excluding hydrogens is 472 g/mol. The van der Waals surface area contributed by atoms with Crippen LogP contribution in [0.15, 0.2) is 54.7 Å². The predicted molar refractivity (Wildman–Crippen MR) is 138 cm³/mol. The van der Waals surface area contributed by atoms with Crippen molar-refractivity contribution in [2.24, 2.45) is 0 Å². The number of fused-ring (bicyclic) bond motifs is 6. The van der Waals surface area contributed by atoms with Crippen molar-refractivity contribution >= 4 is 16.8 Å². The number of para-hydroxylation sites is 1. The van der Waals surface area contributed by atoms with E-state index in [-0.39, 0.29) is 25.4 Å². The summed E-state index contributed by atoms with van der Waals surface area (Å²) in [6, 6.07) is 14.9. The summed E-state index contributed by atoms with van der Waals surface area (Å²) < 4.78 is 23.3. The van der Waals surface area contributed by atoms with Crippen molar-refractivity contribution in [2.45, 2.75) is 39.0 Å². The number of carbonyl (C=O) groups is 1. The second-order valence-corrected chi connectivity index (χ2v) is 9.54. The summed E-state index contributed by atoms with van der Waals surface area (Å²) in [4.78, 5) is 16.8. The second-order valence-electron chi connectivity index (χ2n) is 9.54. The molecule has 8 heteroatoms. The van der Waals surface area contributed by atoms with Gasteiger partial charge in [-0.05, 0) is 55.7 Å². The van der Waals surface area contributed by atoms with Crippen molar-refractivity contribution < 1.29 is 28.8 Å². The minimum atomic E-state index is -0.480. The highest BCUT2D eigenvalue weighted by atomic mass is 16.7. The molecule has 1 amide bonds. The molecule has 8 nitrogen and oxygen atoms in total. The van der Waals surface area contributed by atoms with E-state index in [0.29, 0.717) is 41.6 Å². The molecule has 3 N–H and O–H groups in total. The average Bonchev–Trinajstić information content (AvgIpc) is 3.54. The zero-order valence-corrected chi connectivity index (χ0v) is 20.7. The van der Waals surface area contributed by atoms with Gasteiger partial charge in [0.2, 0.25) is 6.79 Å². The molecule has 3 heterocycles. The normalized spacial score (nSPS) is 14.2. The Morgan fingerprint density at radius 2 is 1.95 bits per heavy atom. The standard InChI is InChI=1S/C29H28N2O6/c1-16(2)37-27-11-26-21(20-7-8-25-28(36-15-35-25)23(20)14-34-26)10-22(27)29(33)31-18(13-32)9-17-12-30-24-6-4-3-5-19(17)24/h3-8,10-12,16,18,30,32H,9,13-15H2,1-2H3,(H,31,33)/t18-/m1/s1. The maximum absolute atomic E-state index is 13.6. The van der Waals surface area contributed by atoms with Crippen LogP contribution < -0.4 is 24.3 Å². The van der Waals surface area contributed by atoms with Crippen LogP contribution in [-0.4, -0.2) is 41.5 Å². The SMILES string of the molecule is CC(C)Oc1cc2c(cc1C(=O)N[C@@H](CO)Cc1c[nH]c3ccccc13)-c1ccc3c(c1CO2)OCO3. The van der Waals surface area contributed by atoms with Gasteiger partial charge in [-0.1, -0.05) is 18.2 Å². The van der Waals surface area contributed by atoms with E-state index in [2.05, 4.69) is 10.3 Å². The van der Waals surface area contributed by atoms with Crippen molar-refractivity contribution in [3.05, 3.63) is 71.4 Å². The van der Waals surface area contributed by atoms with Crippen LogP contribution in [0.1, 0.15) is 35.3 Å². The van der Waals surface area contributed by atoms with Gasteiger partial charge in [0.1, 0.15) is 18.1 Å². The van der Waals surface area contributed by atoms with Crippen LogP contribution in [0.4, 0.5) is 0 Å². The molecular formula is C29H28N2O6. The highest BCUT2D eigenvalue weighted by Crippen LogP contribution is 2.48. The summed E-state index contributed by atoms with van der Waals surface area (Å²) in [7, 11) is 0. The number of H-pyrrole nitrogens is 1. The molecule has 37 heavy (non-hydrogen) atoms. The number of benzene rings is 3. The molecule has 190 valence electrons. The molecule has 0 radical (unpaired) electrons.